The molecule has 0 saturated heterocycles. The Balaban J connectivity index is 2.65. The van der Waals surface area contributed by atoms with Crippen molar-refractivity contribution in [2.45, 2.75) is 52.0 Å². The van der Waals surface area contributed by atoms with Gasteiger partial charge in [-0.3, -0.25) is 4.98 Å². The van der Waals surface area contributed by atoms with Gasteiger partial charge in [-0.05, 0) is 46.9 Å². The van der Waals surface area contributed by atoms with E-state index < -0.39 is 0 Å². The van der Waals surface area contributed by atoms with E-state index in [-0.39, 0.29) is 0 Å². The second kappa shape index (κ2) is 8.65. The molecule has 1 N–H and O–H groups in total. The zero-order valence-electron chi connectivity index (χ0n) is 11.7. The van der Waals surface area contributed by atoms with Crippen LogP contribution in [0.1, 0.15) is 57.6 Å². The quantitative estimate of drug-likeness (QED) is 0.752. The molecular formula is C15H25BrN2. The average molecular weight is 313 g/mol. The van der Waals surface area contributed by atoms with Crippen molar-refractivity contribution in [2.75, 3.05) is 7.05 Å². The summed E-state index contributed by atoms with van der Waals surface area (Å²) < 4.78 is 1.06. The molecular weight excluding hydrogens is 288 g/mol. The number of hydrogen-bond donors (Lipinski definition) is 1. The van der Waals surface area contributed by atoms with Crippen LogP contribution in [0.4, 0.5) is 0 Å². The minimum Gasteiger partial charge on any atom is -0.313 e. The van der Waals surface area contributed by atoms with Gasteiger partial charge < -0.3 is 5.32 Å². The number of rotatable bonds is 8. The maximum atomic E-state index is 4.26. The van der Waals surface area contributed by atoms with Gasteiger partial charge in [0.25, 0.3) is 0 Å². The fraction of sp³-hybridized carbons (Fsp3) is 0.667. The Bertz CT molecular complexity index is 341. The minimum absolute atomic E-state index is 0.414. The fourth-order valence-corrected chi connectivity index (χ4v) is 2.74. The van der Waals surface area contributed by atoms with Gasteiger partial charge in [0, 0.05) is 22.9 Å². The molecule has 0 aliphatic heterocycles. The first kappa shape index (κ1) is 15.6. The number of nitrogens with zero attached hydrogens (tertiary/aromatic N) is 1. The largest absolute Gasteiger partial charge is 0.313 e. The van der Waals surface area contributed by atoms with E-state index in [2.05, 4.69) is 46.1 Å². The molecule has 0 amide bonds. The van der Waals surface area contributed by atoms with E-state index in [0.717, 1.165) is 10.4 Å². The smallest absolute Gasteiger partial charge is 0.0410 e. The molecule has 2 nitrogen and oxygen atoms in total. The van der Waals surface area contributed by atoms with Crippen LogP contribution in [0.3, 0.4) is 0 Å². The van der Waals surface area contributed by atoms with E-state index in [1.807, 2.05) is 19.4 Å². The van der Waals surface area contributed by atoms with Gasteiger partial charge in [0.1, 0.15) is 0 Å². The van der Waals surface area contributed by atoms with Gasteiger partial charge in [-0.15, -0.1) is 0 Å². The third kappa shape index (κ3) is 5.07. The Morgan fingerprint density at radius 3 is 2.67 bits per heavy atom. The summed E-state index contributed by atoms with van der Waals surface area (Å²) in [5.41, 5.74) is 1.28. The fourth-order valence-electron chi connectivity index (χ4n) is 2.35. The molecule has 0 aliphatic carbocycles. The van der Waals surface area contributed by atoms with Gasteiger partial charge in [-0.25, -0.2) is 0 Å². The van der Waals surface area contributed by atoms with Crippen molar-refractivity contribution in [3.63, 3.8) is 0 Å². The van der Waals surface area contributed by atoms with E-state index in [1.165, 1.54) is 37.7 Å². The first-order valence-electron chi connectivity index (χ1n) is 6.98. The van der Waals surface area contributed by atoms with E-state index in [0.29, 0.717) is 6.04 Å². The lowest BCUT2D eigenvalue weighted by atomic mass is 9.90. The molecule has 18 heavy (non-hydrogen) atoms. The van der Waals surface area contributed by atoms with E-state index in [1.54, 1.807) is 0 Å². The number of hydrogen-bond acceptors (Lipinski definition) is 2. The molecule has 0 saturated carbocycles. The number of aromatic nitrogens is 1. The second-order valence-corrected chi connectivity index (χ2v) is 5.85. The zero-order chi connectivity index (χ0) is 13.4. The van der Waals surface area contributed by atoms with E-state index >= 15 is 0 Å². The van der Waals surface area contributed by atoms with Crippen LogP contribution in [0.2, 0.25) is 0 Å². The van der Waals surface area contributed by atoms with E-state index in [9.17, 15) is 0 Å². The van der Waals surface area contributed by atoms with Crippen LogP contribution in [-0.2, 0) is 0 Å². The molecule has 0 aliphatic rings. The summed E-state index contributed by atoms with van der Waals surface area (Å²) >= 11 is 3.49. The summed E-state index contributed by atoms with van der Waals surface area (Å²) in [5, 5.41) is 3.43. The predicted octanol–water partition coefficient (Wildman–Crippen LogP) is 4.71. The van der Waals surface area contributed by atoms with Gasteiger partial charge >= 0.3 is 0 Å². The molecule has 3 heteroatoms. The second-order valence-electron chi connectivity index (χ2n) is 4.93. The molecule has 2 unspecified atom stereocenters. The van der Waals surface area contributed by atoms with Crippen LogP contribution >= 0.6 is 15.9 Å². The molecule has 0 bridgehead atoms. The third-order valence-electron chi connectivity index (χ3n) is 3.59. The Kier molecular flexibility index (Phi) is 7.52. The van der Waals surface area contributed by atoms with Crippen LogP contribution in [0.25, 0.3) is 0 Å². The van der Waals surface area contributed by atoms with Crippen LogP contribution in [0, 0.1) is 5.92 Å². The lowest BCUT2D eigenvalue weighted by Crippen LogP contribution is -2.20. The van der Waals surface area contributed by atoms with Crippen molar-refractivity contribution < 1.29 is 0 Å². The topological polar surface area (TPSA) is 24.9 Å². The molecule has 2 atom stereocenters. The van der Waals surface area contributed by atoms with E-state index in [4.69, 9.17) is 0 Å². The number of nitrogens with one attached hydrogen (secondary N) is 1. The maximum absolute atomic E-state index is 4.26. The molecule has 1 rings (SSSR count). The molecule has 1 aromatic rings. The van der Waals surface area contributed by atoms with Crippen molar-refractivity contribution >= 4 is 15.9 Å². The summed E-state index contributed by atoms with van der Waals surface area (Å²) in [6, 6.07) is 2.58. The summed E-state index contributed by atoms with van der Waals surface area (Å²) in [6.07, 6.45) is 10.2. The van der Waals surface area contributed by atoms with Crippen molar-refractivity contribution in [3.8, 4) is 0 Å². The Morgan fingerprint density at radius 2 is 2.11 bits per heavy atom. The summed E-state index contributed by atoms with van der Waals surface area (Å²) in [6.45, 7) is 4.56. The minimum atomic E-state index is 0.414. The number of halogens is 1. The van der Waals surface area contributed by atoms with Crippen LogP contribution in [0.15, 0.2) is 22.9 Å². The Morgan fingerprint density at radius 1 is 1.33 bits per heavy atom. The van der Waals surface area contributed by atoms with Crippen molar-refractivity contribution in [1.82, 2.24) is 10.3 Å². The zero-order valence-corrected chi connectivity index (χ0v) is 13.3. The number of unbranched alkanes of at least 4 members (excludes halogenated alkanes) is 1. The lowest BCUT2D eigenvalue weighted by Gasteiger charge is -2.22. The first-order valence-corrected chi connectivity index (χ1v) is 7.78. The van der Waals surface area contributed by atoms with Crippen molar-refractivity contribution in [1.29, 1.82) is 0 Å². The van der Waals surface area contributed by atoms with Crippen molar-refractivity contribution in [2.24, 2.45) is 5.92 Å². The maximum Gasteiger partial charge on any atom is 0.0410 e. The highest BCUT2D eigenvalue weighted by molar-refractivity contribution is 9.10. The summed E-state index contributed by atoms with van der Waals surface area (Å²) in [5.74, 6) is 0.807. The number of pyridine rings is 1. The molecule has 1 aromatic heterocycles. The standard InChI is InChI=1S/C15H25BrN2/c1-4-6-7-12(5-2)8-15(17-3)13-9-14(16)11-18-10-13/h9-12,15,17H,4-8H2,1-3H3. The van der Waals surface area contributed by atoms with Crippen LogP contribution in [0.5, 0.6) is 0 Å². The van der Waals surface area contributed by atoms with Crippen LogP contribution < -0.4 is 5.32 Å². The molecule has 0 aromatic carbocycles. The summed E-state index contributed by atoms with van der Waals surface area (Å²) in [4.78, 5) is 4.26. The lowest BCUT2D eigenvalue weighted by molar-refractivity contribution is 0.364. The third-order valence-corrected chi connectivity index (χ3v) is 4.02. The molecule has 1 heterocycles. The van der Waals surface area contributed by atoms with Crippen molar-refractivity contribution in [3.05, 3.63) is 28.5 Å². The summed E-state index contributed by atoms with van der Waals surface area (Å²) in [7, 11) is 2.04. The molecule has 0 fully saturated rings. The Labute approximate surface area is 120 Å². The highest BCUT2D eigenvalue weighted by atomic mass is 79.9. The normalized spacial score (nSPS) is 14.4. The van der Waals surface area contributed by atoms with Gasteiger partial charge in [0.15, 0.2) is 0 Å². The average Bonchev–Trinajstić information content (AvgIpc) is 2.39. The molecule has 0 radical (unpaired) electrons. The highest BCUT2D eigenvalue weighted by Crippen LogP contribution is 2.27. The first-order chi connectivity index (χ1) is 8.71. The highest BCUT2D eigenvalue weighted by Gasteiger charge is 2.15. The van der Waals surface area contributed by atoms with Gasteiger partial charge in [-0.1, -0.05) is 39.5 Å². The van der Waals surface area contributed by atoms with Gasteiger partial charge in [0.05, 0.1) is 0 Å². The monoisotopic (exact) mass is 312 g/mol. The van der Waals surface area contributed by atoms with Gasteiger partial charge in [-0.2, -0.15) is 0 Å². The SMILES string of the molecule is CCCCC(CC)CC(NC)c1cncc(Br)c1. The Hall–Kier alpha value is -0.410. The molecule has 0 spiro atoms. The van der Waals surface area contributed by atoms with Gasteiger partial charge in [0.2, 0.25) is 0 Å². The predicted molar refractivity (Wildman–Crippen MR) is 81.7 cm³/mol. The van der Waals surface area contributed by atoms with Crippen LogP contribution in [-0.4, -0.2) is 12.0 Å². The molecule has 102 valence electrons.